The van der Waals surface area contributed by atoms with E-state index in [0.29, 0.717) is 11.8 Å². The Kier molecular flexibility index (Phi) is 3.33. The molecule has 0 aromatic heterocycles. The van der Waals surface area contributed by atoms with Gasteiger partial charge in [0.05, 0.1) is 0 Å². The molecule has 0 N–H and O–H groups in total. The SMILES string of the molecule is C=C(CN(CC1CC1)CC1CC1)[B-](F)(F)F. The maximum Gasteiger partial charge on any atom is 0.506 e. The summed E-state index contributed by atoms with van der Waals surface area (Å²) in [5.41, 5.74) is -0.540. The molecule has 0 atom stereocenters. The van der Waals surface area contributed by atoms with E-state index < -0.39 is 12.4 Å². The first-order valence-corrected chi connectivity index (χ1v) is 6.05. The van der Waals surface area contributed by atoms with Crippen LogP contribution in [0.15, 0.2) is 12.1 Å². The summed E-state index contributed by atoms with van der Waals surface area (Å²) in [6.07, 6.45) is 4.74. The normalized spacial score (nSPS) is 21.5. The fourth-order valence-electron chi connectivity index (χ4n) is 1.93. The largest absolute Gasteiger partial charge is 0.506 e. The minimum atomic E-state index is -4.86. The zero-order chi connectivity index (χ0) is 11.8. The van der Waals surface area contributed by atoms with Crippen molar-refractivity contribution in [2.24, 2.45) is 11.8 Å². The molecule has 16 heavy (non-hydrogen) atoms. The zero-order valence-electron chi connectivity index (χ0n) is 9.47. The average molecular weight is 232 g/mol. The maximum atomic E-state index is 12.5. The van der Waals surface area contributed by atoms with Crippen molar-refractivity contribution in [2.75, 3.05) is 19.6 Å². The van der Waals surface area contributed by atoms with Gasteiger partial charge in [-0.1, -0.05) is 0 Å². The Morgan fingerprint density at radius 1 is 1.06 bits per heavy atom. The molecule has 0 saturated heterocycles. The molecule has 2 aliphatic rings. The first kappa shape index (κ1) is 12.0. The Morgan fingerprint density at radius 2 is 1.50 bits per heavy atom. The summed E-state index contributed by atoms with van der Waals surface area (Å²) >= 11 is 0. The molecule has 2 saturated carbocycles. The van der Waals surface area contributed by atoms with Gasteiger partial charge in [0.25, 0.3) is 0 Å². The molecule has 0 bridgehead atoms. The first-order chi connectivity index (χ1) is 7.45. The molecular formula is C11H18BF3N-. The summed E-state index contributed by atoms with van der Waals surface area (Å²) in [6.45, 7) is 0.0203. The standard InChI is InChI=1S/C11H18BF3N/c1-9(12(13,14)15)6-16(7-10-2-3-10)8-11-4-5-11/h10-11H,1-8H2/q-1. The van der Waals surface area contributed by atoms with Crippen LogP contribution in [0, 0.1) is 11.8 Å². The van der Waals surface area contributed by atoms with Gasteiger partial charge < -0.3 is 17.8 Å². The third-order valence-corrected chi connectivity index (χ3v) is 3.32. The molecule has 0 aromatic carbocycles. The highest BCUT2D eigenvalue weighted by Gasteiger charge is 2.32. The third kappa shape index (κ3) is 3.85. The molecule has 2 aliphatic carbocycles. The predicted octanol–water partition coefficient (Wildman–Crippen LogP) is 3.05. The van der Waals surface area contributed by atoms with Crippen molar-refractivity contribution in [3.63, 3.8) is 0 Å². The van der Waals surface area contributed by atoms with E-state index in [1.165, 1.54) is 25.7 Å². The fourth-order valence-corrected chi connectivity index (χ4v) is 1.93. The minimum Gasteiger partial charge on any atom is -0.445 e. The lowest BCUT2D eigenvalue weighted by atomic mass is 9.80. The maximum absolute atomic E-state index is 12.5. The van der Waals surface area contributed by atoms with E-state index >= 15 is 0 Å². The van der Waals surface area contributed by atoms with Crippen molar-refractivity contribution in [3.05, 3.63) is 12.1 Å². The molecule has 92 valence electrons. The van der Waals surface area contributed by atoms with Gasteiger partial charge in [-0.25, -0.2) is 0 Å². The van der Waals surface area contributed by atoms with Crippen molar-refractivity contribution >= 4 is 6.98 Å². The van der Waals surface area contributed by atoms with Crippen LogP contribution in [0.1, 0.15) is 25.7 Å². The second kappa shape index (κ2) is 4.44. The Morgan fingerprint density at radius 3 is 1.81 bits per heavy atom. The highest BCUT2D eigenvalue weighted by molar-refractivity contribution is 6.66. The first-order valence-electron chi connectivity index (χ1n) is 6.05. The van der Waals surface area contributed by atoms with Crippen molar-refractivity contribution in [1.29, 1.82) is 0 Å². The summed E-state index contributed by atoms with van der Waals surface area (Å²) in [5.74, 6) is 1.29. The molecule has 0 amide bonds. The zero-order valence-corrected chi connectivity index (χ0v) is 9.47. The monoisotopic (exact) mass is 232 g/mol. The molecule has 1 nitrogen and oxygen atoms in total. The summed E-state index contributed by atoms with van der Waals surface area (Å²) in [6, 6.07) is 0. The molecule has 2 fully saturated rings. The van der Waals surface area contributed by atoms with Crippen molar-refractivity contribution < 1.29 is 12.9 Å². The van der Waals surface area contributed by atoms with Crippen LogP contribution in [0.25, 0.3) is 0 Å². The molecule has 5 heteroatoms. The van der Waals surface area contributed by atoms with Gasteiger partial charge in [-0.2, -0.15) is 0 Å². The summed E-state index contributed by atoms with van der Waals surface area (Å²) in [7, 11) is 0. The van der Waals surface area contributed by atoms with Crippen molar-refractivity contribution in [3.8, 4) is 0 Å². The molecule has 0 radical (unpaired) electrons. The Labute approximate surface area is 94.7 Å². The van der Waals surface area contributed by atoms with Crippen LogP contribution in [0.3, 0.4) is 0 Å². The predicted molar refractivity (Wildman–Crippen MR) is 60.1 cm³/mol. The van der Waals surface area contributed by atoms with Gasteiger partial charge >= 0.3 is 6.98 Å². The van der Waals surface area contributed by atoms with Crippen LogP contribution in [-0.4, -0.2) is 31.5 Å². The van der Waals surface area contributed by atoms with E-state index in [1.54, 1.807) is 0 Å². The van der Waals surface area contributed by atoms with E-state index in [2.05, 4.69) is 6.58 Å². The quantitative estimate of drug-likeness (QED) is 0.609. The van der Waals surface area contributed by atoms with Gasteiger partial charge in [0.1, 0.15) is 0 Å². The van der Waals surface area contributed by atoms with E-state index in [0.717, 1.165) is 13.1 Å². The lowest BCUT2D eigenvalue weighted by Crippen LogP contribution is -2.35. The van der Waals surface area contributed by atoms with Gasteiger partial charge in [-0.3, -0.25) is 0 Å². The van der Waals surface area contributed by atoms with Crippen LogP contribution in [0.4, 0.5) is 12.9 Å². The fraction of sp³-hybridized carbons (Fsp3) is 0.818. The van der Waals surface area contributed by atoms with E-state index in [-0.39, 0.29) is 6.54 Å². The molecule has 0 aromatic rings. The Hall–Kier alpha value is -0.445. The lowest BCUT2D eigenvalue weighted by Gasteiger charge is -2.27. The van der Waals surface area contributed by atoms with E-state index in [1.807, 2.05) is 4.90 Å². The number of halogens is 3. The number of hydrogen-bond acceptors (Lipinski definition) is 1. The van der Waals surface area contributed by atoms with E-state index in [4.69, 9.17) is 0 Å². The summed E-state index contributed by atoms with van der Waals surface area (Å²) in [5, 5.41) is 0. The Balaban J connectivity index is 1.81. The average Bonchev–Trinajstić information content (AvgIpc) is 2.97. The molecule has 0 unspecified atom stereocenters. The lowest BCUT2D eigenvalue weighted by molar-refractivity contribution is 0.272. The second-order valence-corrected chi connectivity index (χ2v) is 5.31. The summed E-state index contributed by atoms with van der Waals surface area (Å²) < 4.78 is 37.4. The van der Waals surface area contributed by atoms with Crippen molar-refractivity contribution in [2.45, 2.75) is 25.7 Å². The molecule has 2 rings (SSSR count). The van der Waals surface area contributed by atoms with Gasteiger partial charge in [0.15, 0.2) is 0 Å². The van der Waals surface area contributed by atoms with Crippen LogP contribution in [-0.2, 0) is 0 Å². The van der Waals surface area contributed by atoms with Gasteiger partial charge in [0, 0.05) is 13.1 Å². The van der Waals surface area contributed by atoms with Gasteiger partial charge in [-0.05, 0) is 44.1 Å². The van der Waals surface area contributed by atoms with Gasteiger partial charge in [-0.15, -0.1) is 12.1 Å². The smallest absolute Gasteiger partial charge is 0.445 e. The molecule has 0 spiro atoms. The van der Waals surface area contributed by atoms with Crippen LogP contribution in [0.2, 0.25) is 0 Å². The third-order valence-electron chi connectivity index (χ3n) is 3.32. The minimum absolute atomic E-state index is 0.0243. The van der Waals surface area contributed by atoms with Crippen LogP contribution in [0.5, 0.6) is 0 Å². The Bertz CT molecular complexity index is 255. The number of nitrogens with zero attached hydrogens (tertiary/aromatic N) is 1. The van der Waals surface area contributed by atoms with Crippen LogP contribution < -0.4 is 0 Å². The number of hydrogen-bond donors (Lipinski definition) is 0. The molecule has 0 aliphatic heterocycles. The van der Waals surface area contributed by atoms with Gasteiger partial charge in [0.2, 0.25) is 0 Å². The number of rotatable bonds is 7. The van der Waals surface area contributed by atoms with Crippen LogP contribution >= 0.6 is 0 Å². The molecular weight excluding hydrogens is 214 g/mol. The van der Waals surface area contributed by atoms with Crippen molar-refractivity contribution in [1.82, 2.24) is 4.90 Å². The topological polar surface area (TPSA) is 3.24 Å². The van der Waals surface area contributed by atoms with E-state index in [9.17, 15) is 12.9 Å². The molecule has 0 heterocycles. The highest BCUT2D eigenvalue weighted by Crippen LogP contribution is 2.34. The highest BCUT2D eigenvalue weighted by atomic mass is 19.4. The second-order valence-electron chi connectivity index (χ2n) is 5.31. The summed E-state index contributed by atoms with van der Waals surface area (Å²) in [4.78, 5) is 1.97.